The molecule has 2 atom stereocenters. The molecule has 2 N–H and O–H groups in total. The van der Waals surface area contributed by atoms with Crippen molar-refractivity contribution in [2.75, 3.05) is 0 Å². The van der Waals surface area contributed by atoms with E-state index in [9.17, 15) is 10.2 Å². The van der Waals surface area contributed by atoms with Crippen LogP contribution in [0.1, 0.15) is 39.5 Å². The van der Waals surface area contributed by atoms with Gasteiger partial charge in [-0.3, -0.25) is 0 Å². The van der Waals surface area contributed by atoms with Gasteiger partial charge >= 0.3 is 0 Å². The largest absolute Gasteiger partial charge is 0.365 e. The second-order valence-electron chi connectivity index (χ2n) is 3.20. The molecule has 0 bridgehead atoms. The summed E-state index contributed by atoms with van der Waals surface area (Å²) in [5, 5.41) is 19.2. The maximum atomic E-state index is 9.58. The third-order valence-corrected chi connectivity index (χ3v) is 2.39. The first-order valence-corrected chi connectivity index (χ1v) is 4.18. The van der Waals surface area contributed by atoms with E-state index in [-0.39, 0.29) is 0 Å². The van der Waals surface area contributed by atoms with Crippen molar-refractivity contribution in [1.82, 2.24) is 0 Å². The van der Waals surface area contributed by atoms with Crippen LogP contribution in [0.5, 0.6) is 0 Å². The summed E-state index contributed by atoms with van der Waals surface area (Å²) in [6.07, 6.45) is 2.15. The summed E-state index contributed by atoms with van der Waals surface area (Å²) in [5.74, 6) is -2.16. The predicted molar refractivity (Wildman–Crippen MR) is 40.8 cm³/mol. The summed E-state index contributed by atoms with van der Waals surface area (Å²) < 4.78 is 5.15. The van der Waals surface area contributed by atoms with E-state index in [1.165, 1.54) is 0 Å². The Hall–Kier alpha value is -0.120. The molecule has 0 aromatic carbocycles. The highest BCUT2D eigenvalue weighted by molar-refractivity contribution is 4.82. The average molecular weight is 160 g/mol. The van der Waals surface area contributed by atoms with Crippen LogP contribution in [0, 0.1) is 0 Å². The molecule has 0 aromatic heterocycles. The number of hydrogen-bond acceptors (Lipinski definition) is 3. The third-order valence-electron chi connectivity index (χ3n) is 2.39. The van der Waals surface area contributed by atoms with Crippen molar-refractivity contribution in [2.24, 2.45) is 0 Å². The molecule has 1 heterocycles. The van der Waals surface area contributed by atoms with Gasteiger partial charge in [-0.1, -0.05) is 13.8 Å². The summed E-state index contributed by atoms with van der Waals surface area (Å²) in [5.41, 5.74) is 0. The predicted octanol–water partition coefficient (Wildman–Crippen LogP) is 0.994. The molecule has 66 valence electrons. The van der Waals surface area contributed by atoms with E-state index in [1.54, 1.807) is 0 Å². The van der Waals surface area contributed by atoms with E-state index in [1.807, 2.05) is 13.8 Å². The molecule has 0 saturated carbocycles. The lowest BCUT2D eigenvalue weighted by molar-refractivity contribution is -0.290. The van der Waals surface area contributed by atoms with Crippen LogP contribution in [0.15, 0.2) is 0 Å². The molecular weight excluding hydrogens is 144 g/mol. The zero-order valence-corrected chi connectivity index (χ0v) is 7.13. The van der Waals surface area contributed by atoms with Gasteiger partial charge in [0.05, 0.1) is 0 Å². The summed E-state index contributed by atoms with van der Waals surface area (Å²) in [4.78, 5) is 0. The van der Waals surface area contributed by atoms with Gasteiger partial charge in [0.25, 0.3) is 0 Å². The van der Waals surface area contributed by atoms with E-state index < -0.39 is 11.6 Å². The molecule has 0 radical (unpaired) electrons. The molecule has 1 fully saturated rings. The van der Waals surface area contributed by atoms with Crippen molar-refractivity contribution in [1.29, 1.82) is 0 Å². The maximum absolute atomic E-state index is 9.58. The maximum Gasteiger partial charge on any atom is 0.168 e. The van der Waals surface area contributed by atoms with Crippen molar-refractivity contribution in [3.05, 3.63) is 0 Å². The Labute approximate surface area is 67.0 Å². The molecular formula is C8H16O3. The minimum absolute atomic E-state index is 0.536. The minimum Gasteiger partial charge on any atom is -0.365 e. The van der Waals surface area contributed by atoms with Gasteiger partial charge in [-0.25, -0.2) is 0 Å². The third kappa shape index (κ3) is 1.72. The lowest BCUT2D eigenvalue weighted by atomic mass is 10.1. The van der Waals surface area contributed by atoms with E-state index in [0.29, 0.717) is 25.7 Å². The molecule has 11 heavy (non-hydrogen) atoms. The van der Waals surface area contributed by atoms with Crippen LogP contribution in [0.2, 0.25) is 0 Å². The zero-order valence-electron chi connectivity index (χ0n) is 7.13. The van der Waals surface area contributed by atoms with Crippen molar-refractivity contribution < 1.29 is 14.9 Å². The Morgan fingerprint density at radius 2 is 1.45 bits per heavy atom. The molecule has 1 rings (SSSR count). The van der Waals surface area contributed by atoms with Gasteiger partial charge in [-0.05, 0) is 12.8 Å². The van der Waals surface area contributed by atoms with Gasteiger partial charge in [0.15, 0.2) is 11.6 Å². The number of aliphatic hydroxyl groups is 2. The van der Waals surface area contributed by atoms with Crippen LogP contribution < -0.4 is 0 Å². The Balaban J connectivity index is 2.58. The van der Waals surface area contributed by atoms with Crippen LogP contribution in [-0.2, 0) is 4.74 Å². The lowest BCUT2D eigenvalue weighted by Gasteiger charge is -2.25. The van der Waals surface area contributed by atoms with Gasteiger partial charge in [0.2, 0.25) is 0 Å². The van der Waals surface area contributed by atoms with Crippen molar-refractivity contribution in [3.8, 4) is 0 Å². The standard InChI is InChI=1S/C8H16O3/c1-3-7(9)5-6-8(10,4-2)11-7/h9-10H,3-6H2,1-2H3/t7-,8+. The number of hydrogen-bond donors (Lipinski definition) is 2. The van der Waals surface area contributed by atoms with Gasteiger partial charge < -0.3 is 14.9 Å². The molecule has 0 unspecified atom stereocenters. The van der Waals surface area contributed by atoms with E-state index in [2.05, 4.69) is 0 Å². The first-order valence-electron chi connectivity index (χ1n) is 4.18. The lowest BCUT2D eigenvalue weighted by Crippen LogP contribution is -2.34. The highest BCUT2D eigenvalue weighted by Crippen LogP contribution is 2.38. The molecule has 0 amide bonds. The van der Waals surface area contributed by atoms with Crippen molar-refractivity contribution >= 4 is 0 Å². The quantitative estimate of drug-likeness (QED) is 0.633. The molecule has 0 aliphatic carbocycles. The first-order chi connectivity index (χ1) is 5.04. The summed E-state index contributed by atoms with van der Waals surface area (Å²) in [7, 11) is 0. The monoisotopic (exact) mass is 160 g/mol. The summed E-state index contributed by atoms with van der Waals surface area (Å²) in [6, 6.07) is 0. The molecule has 3 nitrogen and oxygen atoms in total. The molecule has 1 saturated heterocycles. The molecule has 3 heteroatoms. The van der Waals surface area contributed by atoms with E-state index in [4.69, 9.17) is 4.74 Å². The average Bonchev–Trinajstić information content (AvgIpc) is 2.30. The van der Waals surface area contributed by atoms with Gasteiger partial charge in [0.1, 0.15) is 0 Å². The van der Waals surface area contributed by atoms with E-state index >= 15 is 0 Å². The Morgan fingerprint density at radius 3 is 1.64 bits per heavy atom. The fourth-order valence-electron chi connectivity index (χ4n) is 1.34. The van der Waals surface area contributed by atoms with Crippen molar-refractivity contribution in [2.45, 2.75) is 51.1 Å². The Kier molecular flexibility index (Phi) is 2.23. The molecule has 0 spiro atoms. The Morgan fingerprint density at radius 1 is 1.09 bits per heavy atom. The van der Waals surface area contributed by atoms with Crippen LogP contribution in [0.4, 0.5) is 0 Å². The smallest absolute Gasteiger partial charge is 0.168 e. The minimum atomic E-state index is -1.08. The van der Waals surface area contributed by atoms with Crippen LogP contribution in [0.3, 0.4) is 0 Å². The van der Waals surface area contributed by atoms with Crippen LogP contribution in [-0.4, -0.2) is 21.8 Å². The number of ether oxygens (including phenoxy) is 1. The highest BCUT2D eigenvalue weighted by atomic mass is 16.7. The van der Waals surface area contributed by atoms with Gasteiger partial charge in [0, 0.05) is 12.8 Å². The normalized spacial score (nSPS) is 44.7. The van der Waals surface area contributed by atoms with Crippen LogP contribution >= 0.6 is 0 Å². The molecule has 0 aromatic rings. The SMILES string of the molecule is CC[C@@]1(O)CC[C@@](O)(CC)O1. The summed E-state index contributed by atoms with van der Waals surface area (Å²) >= 11 is 0. The van der Waals surface area contributed by atoms with Crippen molar-refractivity contribution in [3.63, 3.8) is 0 Å². The zero-order chi connectivity index (χ0) is 8.54. The van der Waals surface area contributed by atoms with Crippen LogP contribution in [0.25, 0.3) is 0 Å². The fraction of sp³-hybridized carbons (Fsp3) is 1.00. The first kappa shape index (κ1) is 8.97. The van der Waals surface area contributed by atoms with Gasteiger partial charge in [-0.15, -0.1) is 0 Å². The number of rotatable bonds is 2. The second kappa shape index (κ2) is 2.73. The summed E-state index contributed by atoms with van der Waals surface area (Å²) in [6.45, 7) is 3.70. The highest BCUT2D eigenvalue weighted by Gasteiger charge is 2.44. The van der Waals surface area contributed by atoms with E-state index in [0.717, 1.165) is 0 Å². The molecule has 1 aliphatic heterocycles. The Bertz CT molecular complexity index is 132. The van der Waals surface area contributed by atoms with Gasteiger partial charge in [-0.2, -0.15) is 0 Å². The molecule has 1 aliphatic rings. The topological polar surface area (TPSA) is 49.7 Å². The fourth-order valence-corrected chi connectivity index (χ4v) is 1.34. The second-order valence-corrected chi connectivity index (χ2v) is 3.20.